The van der Waals surface area contributed by atoms with Gasteiger partial charge in [0.15, 0.2) is 0 Å². The molecule has 0 saturated carbocycles. The van der Waals surface area contributed by atoms with Gasteiger partial charge in [0.25, 0.3) is 0 Å². The highest BCUT2D eigenvalue weighted by Gasteiger charge is 2.30. The highest BCUT2D eigenvalue weighted by atomic mass is 16.2. The number of nitrogens with one attached hydrogen (secondary N) is 1. The van der Waals surface area contributed by atoms with E-state index in [4.69, 9.17) is 0 Å². The normalized spacial score (nSPS) is 17.0. The number of nitrogens with zero attached hydrogens (tertiary/aromatic N) is 1. The van der Waals surface area contributed by atoms with Crippen LogP contribution in [0.1, 0.15) is 57.2 Å². The third-order valence-corrected chi connectivity index (χ3v) is 4.48. The lowest BCUT2D eigenvalue weighted by molar-refractivity contribution is -0.133. The number of benzene rings is 1. The highest BCUT2D eigenvalue weighted by molar-refractivity contribution is 5.79. The molecule has 1 N–H and O–H groups in total. The molecule has 1 unspecified atom stereocenters. The lowest BCUT2D eigenvalue weighted by Crippen LogP contribution is -2.41. The number of hydrogen-bond acceptors (Lipinski definition) is 2. The number of carbonyl (C=O) groups is 2. The summed E-state index contributed by atoms with van der Waals surface area (Å²) >= 11 is 0. The molecule has 0 saturated heterocycles. The second-order valence-corrected chi connectivity index (χ2v) is 6.77. The minimum Gasteiger partial charge on any atom is -0.356 e. The average Bonchev–Trinajstić information content (AvgIpc) is 2.51. The molecule has 126 valence electrons. The number of carbonyl (C=O) groups excluding carboxylic acids is 2. The van der Waals surface area contributed by atoms with Gasteiger partial charge in [0, 0.05) is 20.0 Å². The van der Waals surface area contributed by atoms with E-state index in [0.29, 0.717) is 25.4 Å². The maximum Gasteiger partial charge on any atom is 0.222 e. The molecule has 2 amide bonds. The summed E-state index contributed by atoms with van der Waals surface area (Å²) in [6, 6.07) is 8.01. The van der Waals surface area contributed by atoms with Gasteiger partial charge in [0.1, 0.15) is 0 Å². The van der Waals surface area contributed by atoms with Crippen molar-refractivity contribution >= 4 is 11.8 Å². The second kappa shape index (κ2) is 8.14. The van der Waals surface area contributed by atoms with E-state index >= 15 is 0 Å². The van der Waals surface area contributed by atoms with E-state index in [2.05, 4.69) is 25.2 Å². The lowest BCUT2D eigenvalue weighted by atomic mass is 9.90. The summed E-state index contributed by atoms with van der Waals surface area (Å²) < 4.78 is 0. The van der Waals surface area contributed by atoms with Crippen LogP contribution in [0.3, 0.4) is 0 Å². The zero-order valence-electron chi connectivity index (χ0n) is 14.5. The number of hydrogen-bond donors (Lipinski definition) is 1. The molecule has 0 aromatic heterocycles. The first-order chi connectivity index (χ1) is 11.0. The van der Waals surface area contributed by atoms with Crippen LogP contribution in [0.25, 0.3) is 0 Å². The lowest BCUT2D eigenvalue weighted by Gasteiger charge is -2.36. The Labute approximate surface area is 139 Å². The Hall–Kier alpha value is -1.84. The average molecular weight is 316 g/mol. The Balaban J connectivity index is 2.00. The largest absolute Gasteiger partial charge is 0.356 e. The molecule has 1 atom stereocenters. The minimum absolute atomic E-state index is 0.0294. The van der Waals surface area contributed by atoms with Gasteiger partial charge in [-0.25, -0.2) is 0 Å². The van der Waals surface area contributed by atoms with Crippen LogP contribution in [0.4, 0.5) is 0 Å². The first-order valence-electron chi connectivity index (χ1n) is 8.60. The van der Waals surface area contributed by atoms with Crippen LogP contribution >= 0.6 is 0 Å². The van der Waals surface area contributed by atoms with Crippen LogP contribution in [0.2, 0.25) is 0 Å². The van der Waals surface area contributed by atoms with E-state index in [9.17, 15) is 9.59 Å². The molecule has 1 aliphatic rings. The van der Waals surface area contributed by atoms with E-state index in [1.54, 1.807) is 6.92 Å². The first-order valence-corrected chi connectivity index (χ1v) is 8.60. The molecule has 1 aromatic rings. The first kappa shape index (κ1) is 17.5. The van der Waals surface area contributed by atoms with Gasteiger partial charge in [0.05, 0.1) is 12.5 Å². The van der Waals surface area contributed by atoms with Crippen molar-refractivity contribution in [2.45, 2.75) is 52.5 Å². The molecule has 0 bridgehead atoms. The van der Waals surface area contributed by atoms with Crippen molar-refractivity contribution in [1.82, 2.24) is 10.2 Å². The minimum atomic E-state index is -0.137. The van der Waals surface area contributed by atoms with Gasteiger partial charge in [-0.2, -0.15) is 0 Å². The number of rotatable bonds is 6. The quantitative estimate of drug-likeness (QED) is 0.820. The monoisotopic (exact) mass is 316 g/mol. The molecular formula is C19H28N2O2. The molecule has 1 aromatic carbocycles. The van der Waals surface area contributed by atoms with Crippen molar-refractivity contribution in [1.29, 1.82) is 0 Å². The summed E-state index contributed by atoms with van der Waals surface area (Å²) in [4.78, 5) is 26.0. The Morgan fingerprint density at radius 2 is 2.04 bits per heavy atom. The van der Waals surface area contributed by atoms with Gasteiger partial charge < -0.3 is 10.2 Å². The smallest absolute Gasteiger partial charge is 0.222 e. The van der Waals surface area contributed by atoms with E-state index < -0.39 is 0 Å². The molecule has 0 radical (unpaired) electrons. The number of amides is 2. The number of fused-ring (bicyclic) bond motifs is 1. The molecule has 4 nitrogen and oxygen atoms in total. The van der Waals surface area contributed by atoms with Crippen molar-refractivity contribution in [3.05, 3.63) is 35.4 Å². The fourth-order valence-electron chi connectivity index (χ4n) is 3.23. The van der Waals surface area contributed by atoms with Crippen molar-refractivity contribution < 1.29 is 9.59 Å². The topological polar surface area (TPSA) is 49.4 Å². The summed E-state index contributed by atoms with van der Waals surface area (Å²) in [5.74, 6) is 0.726. The predicted molar refractivity (Wildman–Crippen MR) is 92.0 cm³/mol. The fraction of sp³-hybridized carbons (Fsp3) is 0.579. The molecule has 0 aliphatic carbocycles. The maximum atomic E-state index is 12.3. The van der Waals surface area contributed by atoms with Crippen molar-refractivity contribution in [3.63, 3.8) is 0 Å². The molecule has 1 aliphatic heterocycles. The van der Waals surface area contributed by atoms with Crippen LogP contribution in [0.15, 0.2) is 24.3 Å². The molecule has 4 heteroatoms. The molecule has 2 rings (SSSR count). The molecule has 0 spiro atoms. The standard InChI is InChI=1S/C19H28N2O2/c1-14(2)7-6-11-20-19(23)13-18-17-9-5-4-8-16(17)10-12-21(18)15(3)22/h4-5,8-9,14,18H,6-7,10-13H2,1-3H3,(H,20,23). The zero-order valence-corrected chi connectivity index (χ0v) is 14.5. The van der Waals surface area contributed by atoms with Gasteiger partial charge >= 0.3 is 0 Å². The van der Waals surface area contributed by atoms with Crippen LogP contribution in [-0.2, 0) is 16.0 Å². The van der Waals surface area contributed by atoms with Crippen LogP contribution in [0.5, 0.6) is 0 Å². The zero-order chi connectivity index (χ0) is 16.8. The maximum absolute atomic E-state index is 12.3. The molecule has 1 heterocycles. The van der Waals surface area contributed by atoms with Gasteiger partial charge in [-0.05, 0) is 36.3 Å². The highest BCUT2D eigenvalue weighted by Crippen LogP contribution is 2.32. The van der Waals surface area contributed by atoms with Gasteiger partial charge in [-0.1, -0.05) is 38.1 Å². The summed E-state index contributed by atoms with van der Waals surface area (Å²) in [5.41, 5.74) is 2.37. The fourth-order valence-corrected chi connectivity index (χ4v) is 3.23. The summed E-state index contributed by atoms with van der Waals surface area (Å²) in [6.45, 7) is 7.36. The SMILES string of the molecule is CC(=O)N1CCc2ccccc2C1CC(=O)NCCCC(C)C. The van der Waals surface area contributed by atoms with Gasteiger partial charge in [-0.3, -0.25) is 9.59 Å². The Morgan fingerprint density at radius 1 is 1.30 bits per heavy atom. The molecule has 23 heavy (non-hydrogen) atoms. The van der Waals surface area contributed by atoms with Crippen LogP contribution in [-0.4, -0.2) is 29.8 Å². The van der Waals surface area contributed by atoms with E-state index in [1.807, 2.05) is 23.1 Å². The second-order valence-electron chi connectivity index (χ2n) is 6.77. The van der Waals surface area contributed by atoms with Crippen LogP contribution < -0.4 is 5.32 Å². The van der Waals surface area contributed by atoms with Gasteiger partial charge in [-0.15, -0.1) is 0 Å². The van der Waals surface area contributed by atoms with E-state index in [0.717, 1.165) is 24.8 Å². The molecular weight excluding hydrogens is 288 g/mol. The summed E-state index contributed by atoms with van der Waals surface area (Å²) in [7, 11) is 0. The third kappa shape index (κ3) is 4.81. The van der Waals surface area contributed by atoms with Gasteiger partial charge in [0.2, 0.25) is 11.8 Å². The van der Waals surface area contributed by atoms with Crippen molar-refractivity contribution in [3.8, 4) is 0 Å². The van der Waals surface area contributed by atoms with Crippen molar-refractivity contribution in [2.75, 3.05) is 13.1 Å². The Morgan fingerprint density at radius 3 is 2.74 bits per heavy atom. The van der Waals surface area contributed by atoms with E-state index in [1.165, 1.54) is 5.56 Å². The van der Waals surface area contributed by atoms with Crippen LogP contribution in [0, 0.1) is 5.92 Å². The summed E-state index contributed by atoms with van der Waals surface area (Å²) in [5, 5.41) is 3.00. The third-order valence-electron chi connectivity index (χ3n) is 4.48. The predicted octanol–water partition coefficient (Wildman–Crippen LogP) is 3.07. The van der Waals surface area contributed by atoms with E-state index in [-0.39, 0.29) is 17.9 Å². The Bertz CT molecular complexity index is 554. The Kier molecular flexibility index (Phi) is 6.20. The van der Waals surface area contributed by atoms with Crippen molar-refractivity contribution in [2.24, 2.45) is 5.92 Å². The molecule has 0 fully saturated rings. The summed E-state index contributed by atoms with van der Waals surface area (Å²) in [6.07, 6.45) is 3.33.